The van der Waals surface area contributed by atoms with E-state index in [4.69, 9.17) is 0 Å². The number of rotatable bonds is 4. The lowest BCUT2D eigenvalue weighted by Crippen LogP contribution is -2.43. The van der Waals surface area contributed by atoms with Crippen molar-refractivity contribution in [2.24, 2.45) is 0 Å². The van der Waals surface area contributed by atoms with E-state index in [1.54, 1.807) is 12.1 Å². The second kappa shape index (κ2) is 6.01. The van der Waals surface area contributed by atoms with Gasteiger partial charge in [-0.2, -0.15) is 0 Å². The van der Waals surface area contributed by atoms with Crippen LogP contribution < -0.4 is 16.0 Å². The van der Waals surface area contributed by atoms with E-state index in [9.17, 15) is 14.0 Å². The predicted molar refractivity (Wildman–Crippen MR) is 71.1 cm³/mol. The molecule has 0 radical (unpaired) electrons. The maximum atomic E-state index is 13.0. The average Bonchev–Trinajstić information content (AvgIpc) is 2.80. The second-order valence-corrected chi connectivity index (χ2v) is 5.05. The molecule has 0 saturated carbocycles. The monoisotopic (exact) mass is 329 g/mol. The fraction of sp³-hybridized carbons (Fsp3) is 0.333. The maximum absolute atomic E-state index is 13.0. The molecule has 1 atom stereocenters. The number of hydrogen-bond donors (Lipinski definition) is 3. The van der Waals surface area contributed by atoms with Crippen LogP contribution in [-0.2, 0) is 11.2 Å². The summed E-state index contributed by atoms with van der Waals surface area (Å²) in [5.41, 5.74) is 0.919. The minimum Gasteiger partial charge on any atom is -0.354 e. The Morgan fingerprint density at radius 2 is 2.32 bits per heavy atom. The van der Waals surface area contributed by atoms with Crippen molar-refractivity contribution in [2.75, 3.05) is 13.1 Å². The highest BCUT2D eigenvalue weighted by Crippen LogP contribution is 2.16. The van der Waals surface area contributed by atoms with Gasteiger partial charge in [-0.15, -0.1) is 0 Å². The molecule has 5 nitrogen and oxygen atoms in total. The largest absolute Gasteiger partial charge is 0.354 e. The molecule has 0 aromatic heterocycles. The first-order chi connectivity index (χ1) is 9.06. The molecule has 0 spiro atoms. The van der Waals surface area contributed by atoms with Crippen LogP contribution in [0.1, 0.15) is 5.56 Å². The highest BCUT2D eigenvalue weighted by atomic mass is 79.9. The van der Waals surface area contributed by atoms with E-state index in [-0.39, 0.29) is 17.8 Å². The first-order valence-electron chi connectivity index (χ1n) is 5.82. The van der Waals surface area contributed by atoms with Crippen molar-refractivity contribution in [3.8, 4) is 0 Å². The van der Waals surface area contributed by atoms with E-state index in [2.05, 4.69) is 31.9 Å². The molecule has 3 amide bonds. The summed E-state index contributed by atoms with van der Waals surface area (Å²) in [6.45, 7) is 0.732. The van der Waals surface area contributed by atoms with Crippen LogP contribution in [0.3, 0.4) is 0 Å². The second-order valence-electron chi connectivity index (χ2n) is 4.20. The van der Waals surface area contributed by atoms with E-state index in [0.717, 1.165) is 5.56 Å². The predicted octanol–water partition coefficient (Wildman–Crippen LogP) is 0.928. The van der Waals surface area contributed by atoms with Crippen LogP contribution in [0.5, 0.6) is 0 Å². The summed E-state index contributed by atoms with van der Waals surface area (Å²) in [7, 11) is 0. The Balaban J connectivity index is 1.78. The van der Waals surface area contributed by atoms with Crippen molar-refractivity contribution in [2.45, 2.75) is 12.5 Å². The smallest absolute Gasteiger partial charge is 0.315 e. The number of halogens is 2. The van der Waals surface area contributed by atoms with Gasteiger partial charge in [-0.05, 0) is 40.0 Å². The van der Waals surface area contributed by atoms with Gasteiger partial charge in [-0.3, -0.25) is 4.79 Å². The lowest BCUT2D eigenvalue weighted by Gasteiger charge is -2.10. The Kier molecular flexibility index (Phi) is 4.36. The SMILES string of the molecule is O=C1NC[C@@H](C(=O)NCCc2ccc(F)c(Br)c2)N1. The molecule has 2 rings (SSSR count). The normalized spacial score (nSPS) is 17.8. The number of urea groups is 1. The molecular formula is C12H13BrFN3O2. The van der Waals surface area contributed by atoms with Crippen molar-refractivity contribution in [3.63, 3.8) is 0 Å². The van der Waals surface area contributed by atoms with E-state index in [0.29, 0.717) is 24.0 Å². The van der Waals surface area contributed by atoms with Crippen LogP contribution in [0.15, 0.2) is 22.7 Å². The molecule has 1 aromatic carbocycles. The van der Waals surface area contributed by atoms with E-state index >= 15 is 0 Å². The Morgan fingerprint density at radius 1 is 1.53 bits per heavy atom. The number of carbonyl (C=O) groups is 2. The van der Waals surface area contributed by atoms with Crippen LogP contribution in [-0.4, -0.2) is 31.1 Å². The molecule has 1 heterocycles. The Hall–Kier alpha value is -1.63. The number of hydrogen-bond acceptors (Lipinski definition) is 2. The van der Waals surface area contributed by atoms with Crippen LogP contribution >= 0.6 is 15.9 Å². The average molecular weight is 330 g/mol. The molecule has 0 aliphatic carbocycles. The summed E-state index contributed by atoms with van der Waals surface area (Å²) in [4.78, 5) is 22.5. The Morgan fingerprint density at radius 3 is 2.95 bits per heavy atom. The summed E-state index contributed by atoms with van der Waals surface area (Å²) in [5, 5.41) is 7.74. The van der Waals surface area contributed by atoms with Crippen LogP contribution in [0.2, 0.25) is 0 Å². The van der Waals surface area contributed by atoms with Gasteiger partial charge in [0.25, 0.3) is 0 Å². The topological polar surface area (TPSA) is 70.2 Å². The van der Waals surface area contributed by atoms with Gasteiger partial charge in [-0.25, -0.2) is 9.18 Å². The quantitative estimate of drug-likeness (QED) is 0.769. The highest BCUT2D eigenvalue weighted by Gasteiger charge is 2.26. The third kappa shape index (κ3) is 3.66. The van der Waals surface area contributed by atoms with Crippen molar-refractivity contribution >= 4 is 27.9 Å². The van der Waals surface area contributed by atoms with Gasteiger partial charge in [0.15, 0.2) is 0 Å². The molecule has 1 aliphatic rings. The minimum absolute atomic E-state index is 0.223. The van der Waals surface area contributed by atoms with Crippen LogP contribution in [0.4, 0.5) is 9.18 Å². The zero-order chi connectivity index (χ0) is 13.8. The molecule has 19 heavy (non-hydrogen) atoms. The standard InChI is InChI=1S/C12H13BrFN3O2/c13-8-5-7(1-2-9(8)14)3-4-15-11(18)10-6-16-12(19)17-10/h1-2,5,10H,3-4,6H2,(H,15,18)(H2,16,17,19)/t10-/m0/s1. The van der Waals surface area contributed by atoms with Crippen molar-refractivity contribution < 1.29 is 14.0 Å². The molecular weight excluding hydrogens is 317 g/mol. The molecule has 7 heteroatoms. The summed E-state index contributed by atoms with van der Waals surface area (Å²) >= 11 is 3.11. The third-order valence-electron chi connectivity index (χ3n) is 2.79. The van der Waals surface area contributed by atoms with Gasteiger partial charge in [0, 0.05) is 13.1 Å². The van der Waals surface area contributed by atoms with E-state index < -0.39 is 6.04 Å². The fourth-order valence-electron chi connectivity index (χ4n) is 1.76. The van der Waals surface area contributed by atoms with Gasteiger partial charge < -0.3 is 16.0 Å². The minimum atomic E-state index is -0.521. The molecule has 1 saturated heterocycles. The molecule has 0 bridgehead atoms. The van der Waals surface area contributed by atoms with Crippen LogP contribution in [0, 0.1) is 5.82 Å². The Labute approximate surface area is 118 Å². The molecule has 0 unspecified atom stereocenters. The van der Waals surface area contributed by atoms with Crippen molar-refractivity contribution in [3.05, 3.63) is 34.1 Å². The molecule has 1 aliphatic heterocycles. The number of nitrogens with one attached hydrogen (secondary N) is 3. The first kappa shape index (κ1) is 13.8. The van der Waals surface area contributed by atoms with Gasteiger partial charge in [0.2, 0.25) is 5.91 Å². The third-order valence-corrected chi connectivity index (χ3v) is 3.39. The van der Waals surface area contributed by atoms with Crippen LogP contribution in [0.25, 0.3) is 0 Å². The molecule has 1 aromatic rings. The lowest BCUT2D eigenvalue weighted by atomic mass is 10.1. The highest BCUT2D eigenvalue weighted by molar-refractivity contribution is 9.10. The maximum Gasteiger partial charge on any atom is 0.315 e. The zero-order valence-electron chi connectivity index (χ0n) is 10.0. The summed E-state index contributed by atoms with van der Waals surface area (Å²) in [6.07, 6.45) is 0.596. The summed E-state index contributed by atoms with van der Waals surface area (Å²) < 4.78 is 13.4. The number of amides is 3. The zero-order valence-corrected chi connectivity index (χ0v) is 11.6. The molecule has 1 fully saturated rings. The summed E-state index contributed by atoms with van der Waals surface area (Å²) in [5.74, 6) is -0.535. The van der Waals surface area contributed by atoms with Gasteiger partial charge in [-0.1, -0.05) is 6.07 Å². The van der Waals surface area contributed by atoms with Gasteiger partial charge >= 0.3 is 6.03 Å². The van der Waals surface area contributed by atoms with Gasteiger partial charge in [0.05, 0.1) is 4.47 Å². The van der Waals surface area contributed by atoms with Gasteiger partial charge in [0.1, 0.15) is 11.9 Å². The molecule has 102 valence electrons. The summed E-state index contributed by atoms with van der Waals surface area (Å²) in [6, 6.07) is 3.88. The van der Waals surface area contributed by atoms with Crippen molar-refractivity contribution in [1.82, 2.24) is 16.0 Å². The van der Waals surface area contributed by atoms with E-state index in [1.807, 2.05) is 0 Å². The van der Waals surface area contributed by atoms with Crippen molar-refractivity contribution in [1.29, 1.82) is 0 Å². The lowest BCUT2D eigenvalue weighted by molar-refractivity contribution is -0.122. The van der Waals surface area contributed by atoms with E-state index in [1.165, 1.54) is 6.07 Å². The Bertz CT molecular complexity index is 510. The molecule has 3 N–H and O–H groups in total. The fourth-order valence-corrected chi connectivity index (χ4v) is 2.19. The number of benzene rings is 1. The first-order valence-corrected chi connectivity index (χ1v) is 6.61. The number of carbonyl (C=O) groups excluding carboxylic acids is 2.